The summed E-state index contributed by atoms with van der Waals surface area (Å²) in [5.74, 6) is -0.0497. The van der Waals surface area contributed by atoms with Gasteiger partial charge in [0, 0.05) is 0 Å². The number of hydrogen-bond donors (Lipinski definition) is 3. The first kappa shape index (κ1) is 15.7. The lowest BCUT2D eigenvalue weighted by Gasteiger charge is -2.26. The minimum atomic E-state index is -0.788. The van der Waals surface area contributed by atoms with Crippen molar-refractivity contribution in [2.75, 3.05) is 6.54 Å². The molecule has 120 valence electrons. The molecule has 1 unspecified atom stereocenters. The van der Waals surface area contributed by atoms with Gasteiger partial charge in [-0.15, -0.1) is 0 Å². The van der Waals surface area contributed by atoms with Crippen molar-refractivity contribution in [3.05, 3.63) is 71.8 Å². The standard InChI is InChI=1S/C19H22N2O2/c22-18(15-10-5-2-6-11-15)17(14-8-3-1-4-9-14)21-19(23)16-12-7-13-20-16/h1-6,8-11,16-18,20,22H,7,12-13H2,(H,21,23)/t16-,17?,18+/m0/s1. The summed E-state index contributed by atoms with van der Waals surface area (Å²) < 4.78 is 0. The summed E-state index contributed by atoms with van der Waals surface area (Å²) in [5.41, 5.74) is 1.69. The van der Waals surface area contributed by atoms with Gasteiger partial charge in [0.2, 0.25) is 5.91 Å². The molecule has 1 aliphatic rings. The molecule has 3 atom stereocenters. The molecule has 0 radical (unpaired) electrons. The highest BCUT2D eigenvalue weighted by atomic mass is 16.3. The van der Waals surface area contributed by atoms with Crippen LogP contribution in [0.15, 0.2) is 60.7 Å². The van der Waals surface area contributed by atoms with E-state index in [9.17, 15) is 9.90 Å². The maximum absolute atomic E-state index is 12.5. The number of aliphatic hydroxyl groups excluding tert-OH is 1. The Morgan fingerprint density at radius 3 is 2.22 bits per heavy atom. The van der Waals surface area contributed by atoms with E-state index in [4.69, 9.17) is 0 Å². The lowest BCUT2D eigenvalue weighted by Crippen LogP contribution is -2.43. The second-order valence-electron chi connectivity index (χ2n) is 5.90. The summed E-state index contributed by atoms with van der Waals surface area (Å²) in [6.45, 7) is 0.870. The van der Waals surface area contributed by atoms with Crippen LogP contribution in [0.4, 0.5) is 0 Å². The predicted molar refractivity (Wildman–Crippen MR) is 89.8 cm³/mol. The SMILES string of the molecule is O=C(NC(c1ccccc1)[C@H](O)c1ccccc1)[C@@H]1CCCN1. The van der Waals surface area contributed by atoms with Gasteiger partial charge < -0.3 is 15.7 Å². The molecule has 2 aromatic rings. The Labute approximate surface area is 136 Å². The van der Waals surface area contributed by atoms with E-state index in [0.29, 0.717) is 0 Å². The van der Waals surface area contributed by atoms with Crippen LogP contribution in [0, 0.1) is 0 Å². The molecule has 0 bridgehead atoms. The van der Waals surface area contributed by atoms with E-state index in [1.807, 2.05) is 60.7 Å². The molecule has 23 heavy (non-hydrogen) atoms. The van der Waals surface area contributed by atoms with Crippen molar-refractivity contribution in [3.8, 4) is 0 Å². The minimum absolute atomic E-state index is 0.0497. The molecule has 4 heteroatoms. The number of aliphatic hydroxyl groups is 1. The molecule has 1 fully saturated rings. The van der Waals surface area contributed by atoms with Gasteiger partial charge in [-0.2, -0.15) is 0 Å². The van der Waals surface area contributed by atoms with Crippen LogP contribution in [0.3, 0.4) is 0 Å². The van der Waals surface area contributed by atoms with Gasteiger partial charge in [-0.1, -0.05) is 60.7 Å². The first-order valence-electron chi connectivity index (χ1n) is 8.07. The Bertz CT molecular complexity index is 624. The summed E-state index contributed by atoms with van der Waals surface area (Å²) >= 11 is 0. The van der Waals surface area contributed by atoms with Gasteiger partial charge in [0.05, 0.1) is 12.1 Å². The smallest absolute Gasteiger partial charge is 0.237 e. The van der Waals surface area contributed by atoms with E-state index in [-0.39, 0.29) is 11.9 Å². The summed E-state index contributed by atoms with van der Waals surface area (Å²) in [5, 5.41) is 17.0. The highest BCUT2D eigenvalue weighted by Gasteiger charge is 2.29. The molecule has 3 N–H and O–H groups in total. The van der Waals surface area contributed by atoms with Crippen LogP contribution in [0.1, 0.15) is 36.1 Å². The topological polar surface area (TPSA) is 61.4 Å². The maximum Gasteiger partial charge on any atom is 0.237 e. The molecule has 3 rings (SSSR count). The zero-order valence-corrected chi connectivity index (χ0v) is 13.0. The number of benzene rings is 2. The van der Waals surface area contributed by atoms with E-state index in [1.54, 1.807) is 0 Å². The van der Waals surface area contributed by atoms with Gasteiger partial charge in [0.15, 0.2) is 0 Å². The summed E-state index contributed by atoms with van der Waals surface area (Å²) in [6.07, 6.45) is 1.06. The number of amides is 1. The van der Waals surface area contributed by atoms with E-state index in [0.717, 1.165) is 30.5 Å². The van der Waals surface area contributed by atoms with Crippen molar-refractivity contribution < 1.29 is 9.90 Å². The van der Waals surface area contributed by atoms with Crippen LogP contribution in [-0.2, 0) is 4.79 Å². The average molecular weight is 310 g/mol. The lowest BCUT2D eigenvalue weighted by atomic mass is 9.95. The predicted octanol–water partition coefficient (Wildman–Crippen LogP) is 2.33. The third-order valence-corrected chi connectivity index (χ3v) is 4.29. The van der Waals surface area contributed by atoms with Crippen LogP contribution in [0.5, 0.6) is 0 Å². The molecule has 1 heterocycles. The fourth-order valence-corrected chi connectivity index (χ4v) is 3.01. The number of carbonyl (C=O) groups excluding carboxylic acids is 1. The summed E-state index contributed by atoms with van der Waals surface area (Å²) in [4.78, 5) is 12.5. The Kier molecular flexibility index (Phi) is 5.05. The summed E-state index contributed by atoms with van der Waals surface area (Å²) in [6, 6.07) is 18.4. The Hall–Kier alpha value is -2.17. The fraction of sp³-hybridized carbons (Fsp3) is 0.316. The number of hydrogen-bond acceptors (Lipinski definition) is 3. The quantitative estimate of drug-likeness (QED) is 0.794. The van der Waals surface area contributed by atoms with E-state index in [1.165, 1.54) is 0 Å². The van der Waals surface area contributed by atoms with E-state index >= 15 is 0 Å². The number of carbonyl (C=O) groups is 1. The maximum atomic E-state index is 12.5. The highest BCUT2D eigenvalue weighted by molar-refractivity contribution is 5.82. The molecule has 0 saturated carbocycles. The van der Waals surface area contributed by atoms with Gasteiger partial charge in [-0.25, -0.2) is 0 Å². The van der Waals surface area contributed by atoms with Crippen LogP contribution in [-0.4, -0.2) is 23.6 Å². The van der Waals surface area contributed by atoms with Crippen LogP contribution >= 0.6 is 0 Å². The molecule has 0 spiro atoms. The van der Waals surface area contributed by atoms with Crippen LogP contribution in [0.2, 0.25) is 0 Å². The van der Waals surface area contributed by atoms with E-state index in [2.05, 4.69) is 10.6 Å². The summed E-state index contributed by atoms with van der Waals surface area (Å²) in [7, 11) is 0. The third-order valence-electron chi connectivity index (χ3n) is 4.29. The van der Waals surface area contributed by atoms with Gasteiger partial charge in [-0.3, -0.25) is 4.79 Å². The van der Waals surface area contributed by atoms with Crippen molar-refractivity contribution in [1.82, 2.24) is 10.6 Å². The van der Waals surface area contributed by atoms with Crippen molar-refractivity contribution in [2.24, 2.45) is 0 Å². The van der Waals surface area contributed by atoms with Gasteiger partial charge in [0.1, 0.15) is 6.10 Å². The highest BCUT2D eigenvalue weighted by Crippen LogP contribution is 2.29. The van der Waals surface area contributed by atoms with Crippen molar-refractivity contribution in [1.29, 1.82) is 0 Å². The molecular weight excluding hydrogens is 288 g/mol. The van der Waals surface area contributed by atoms with Crippen molar-refractivity contribution in [2.45, 2.75) is 31.0 Å². The normalized spacial score (nSPS) is 20.0. The van der Waals surface area contributed by atoms with Gasteiger partial charge in [-0.05, 0) is 30.5 Å². The minimum Gasteiger partial charge on any atom is -0.386 e. The molecule has 1 aliphatic heterocycles. The monoisotopic (exact) mass is 310 g/mol. The first-order valence-corrected chi connectivity index (χ1v) is 8.07. The third kappa shape index (κ3) is 3.78. The number of nitrogens with one attached hydrogen (secondary N) is 2. The molecule has 1 amide bonds. The number of rotatable bonds is 5. The second kappa shape index (κ2) is 7.40. The average Bonchev–Trinajstić information content (AvgIpc) is 3.15. The second-order valence-corrected chi connectivity index (χ2v) is 5.90. The lowest BCUT2D eigenvalue weighted by molar-refractivity contribution is -0.124. The van der Waals surface area contributed by atoms with Gasteiger partial charge in [0.25, 0.3) is 0 Å². The Morgan fingerprint density at radius 1 is 1.04 bits per heavy atom. The largest absolute Gasteiger partial charge is 0.386 e. The fourth-order valence-electron chi connectivity index (χ4n) is 3.01. The van der Waals surface area contributed by atoms with Crippen LogP contribution < -0.4 is 10.6 Å². The molecule has 4 nitrogen and oxygen atoms in total. The molecule has 2 aromatic carbocycles. The van der Waals surface area contributed by atoms with E-state index < -0.39 is 12.1 Å². The first-order chi connectivity index (χ1) is 11.3. The Morgan fingerprint density at radius 2 is 1.65 bits per heavy atom. The van der Waals surface area contributed by atoms with Crippen molar-refractivity contribution >= 4 is 5.91 Å². The molecular formula is C19H22N2O2. The molecule has 0 aromatic heterocycles. The van der Waals surface area contributed by atoms with Crippen molar-refractivity contribution in [3.63, 3.8) is 0 Å². The molecule has 0 aliphatic carbocycles. The van der Waals surface area contributed by atoms with Crippen LogP contribution in [0.25, 0.3) is 0 Å². The van der Waals surface area contributed by atoms with Gasteiger partial charge >= 0.3 is 0 Å². The molecule has 1 saturated heterocycles. The zero-order chi connectivity index (χ0) is 16.1. The zero-order valence-electron chi connectivity index (χ0n) is 13.0. The Balaban J connectivity index is 1.83.